The summed E-state index contributed by atoms with van der Waals surface area (Å²) in [5.74, 6) is 0.464. The van der Waals surface area contributed by atoms with Crippen molar-refractivity contribution in [2.75, 3.05) is 4.90 Å². The van der Waals surface area contributed by atoms with Crippen LogP contribution in [-0.4, -0.2) is 5.78 Å². The standard InChI is InChI=1S/C31H26BrCl2N3O2/c1-17-12-18(2)23(13-19(17)16-39-22-9-6-20(32)7-10-22)29-24(15-35)31(36)37(26-11-8-21(33)14-25(26)34)27-4-3-5-28(38)30(27)29/h6-14,29H,3-5,16,36H2,1-2H3. The molecule has 5 rings (SSSR count). The molecule has 3 aromatic carbocycles. The molecule has 0 saturated heterocycles. The number of carbonyl (C=O) groups is 1. The zero-order valence-electron chi connectivity index (χ0n) is 21.5. The zero-order chi connectivity index (χ0) is 27.8. The first kappa shape index (κ1) is 27.3. The minimum absolute atomic E-state index is 0.0178. The number of rotatable bonds is 5. The van der Waals surface area contributed by atoms with Crippen molar-refractivity contribution in [1.82, 2.24) is 0 Å². The fraction of sp³-hybridized carbons (Fsp3) is 0.226. The molecule has 0 saturated carbocycles. The Hall–Kier alpha value is -3.24. The molecule has 0 fully saturated rings. The fourth-order valence-electron chi connectivity index (χ4n) is 5.41. The van der Waals surface area contributed by atoms with Crippen LogP contribution >= 0.6 is 39.1 Å². The Morgan fingerprint density at radius 2 is 1.82 bits per heavy atom. The quantitative estimate of drug-likeness (QED) is 0.310. The van der Waals surface area contributed by atoms with Gasteiger partial charge in [-0.3, -0.25) is 9.69 Å². The van der Waals surface area contributed by atoms with Gasteiger partial charge >= 0.3 is 0 Å². The molecule has 39 heavy (non-hydrogen) atoms. The number of hydrogen-bond acceptors (Lipinski definition) is 5. The van der Waals surface area contributed by atoms with Crippen LogP contribution in [-0.2, 0) is 11.4 Å². The van der Waals surface area contributed by atoms with Crippen LogP contribution in [0.25, 0.3) is 0 Å². The third kappa shape index (κ3) is 5.19. The molecule has 1 heterocycles. The number of Topliss-reactive ketones (excluding diaryl/α,β-unsaturated/α-hetero) is 1. The molecule has 0 radical (unpaired) electrons. The van der Waals surface area contributed by atoms with Crippen LogP contribution in [0.4, 0.5) is 5.69 Å². The van der Waals surface area contributed by atoms with Gasteiger partial charge in [-0.1, -0.05) is 51.3 Å². The summed E-state index contributed by atoms with van der Waals surface area (Å²) in [5, 5.41) is 11.3. The fourth-order valence-corrected chi connectivity index (χ4v) is 6.17. The Bertz CT molecular complexity index is 1590. The Morgan fingerprint density at radius 1 is 1.08 bits per heavy atom. The lowest BCUT2D eigenvalue weighted by atomic mass is 9.74. The molecule has 2 aliphatic rings. The Kier molecular flexibility index (Phi) is 7.77. The number of halogens is 3. The van der Waals surface area contributed by atoms with Crippen LogP contribution in [0, 0.1) is 25.2 Å². The molecule has 0 bridgehead atoms. The normalized spacial score (nSPS) is 17.3. The van der Waals surface area contributed by atoms with Gasteiger partial charge in [-0.05, 0) is 91.4 Å². The van der Waals surface area contributed by atoms with Crippen molar-refractivity contribution in [2.24, 2.45) is 5.73 Å². The van der Waals surface area contributed by atoms with Crippen LogP contribution in [0.3, 0.4) is 0 Å². The van der Waals surface area contributed by atoms with Crippen molar-refractivity contribution in [3.63, 3.8) is 0 Å². The van der Waals surface area contributed by atoms with Crippen LogP contribution in [0.1, 0.15) is 47.4 Å². The van der Waals surface area contributed by atoms with Gasteiger partial charge in [-0.2, -0.15) is 5.26 Å². The molecule has 0 amide bonds. The van der Waals surface area contributed by atoms with Gasteiger partial charge in [0.15, 0.2) is 5.78 Å². The van der Waals surface area contributed by atoms with E-state index in [0.29, 0.717) is 52.7 Å². The first-order valence-electron chi connectivity index (χ1n) is 12.6. The predicted molar refractivity (Wildman–Crippen MR) is 159 cm³/mol. The van der Waals surface area contributed by atoms with Crippen molar-refractivity contribution in [2.45, 2.75) is 45.6 Å². The number of hydrogen-bond donors (Lipinski definition) is 1. The molecule has 8 heteroatoms. The van der Waals surface area contributed by atoms with E-state index in [1.54, 1.807) is 23.1 Å². The van der Waals surface area contributed by atoms with Gasteiger partial charge in [0.1, 0.15) is 18.2 Å². The second-order valence-corrected chi connectivity index (χ2v) is 11.5. The van der Waals surface area contributed by atoms with Gasteiger partial charge in [0.05, 0.1) is 28.3 Å². The molecular weight excluding hydrogens is 597 g/mol. The number of nitrogens with zero attached hydrogens (tertiary/aromatic N) is 2. The molecule has 5 nitrogen and oxygen atoms in total. The van der Waals surface area contributed by atoms with E-state index in [9.17, 15) is 10.1 Å². The van der Waals surface area contributed by atoms with Crippen LogP contribution in [0.5, 0.6) is 5.75 Å². The van der Waals surface area contributed by atoms with Gasteiger partial charge in [-0.25, -0.2) is 0 Å². The van der Waals surface area contributed by atoms with Crippen molar-refractivity contribution in [1.29, 1.82) is 5.26 Å². The lowest BCUT2D eigenvalue weighted by Crippen LogP contribution is -2.39. The summed E-state index contributed by atoms with van der Waals surface area (Å²) >= 11 is 16.2. The number of anilines is 1. The monoisotopic (exact) mass is 621 g/mol. The summed E-state index contributed by atoms with van der Waals surface area (Å²) in [6.45, 7) is 4.39. The van der Waals surface area contributed by atoms with Crippen molar-refractivity contribution < 1.29 is 9.53 Å². The summed E-state index contributed by atoms with van der Waals surface area (Å²) in [6, 6.07) is 19.3. The van der Waals surface area contributed by atoms with Gasteiger partial charge in [-0.15, -0.1) is 0 Å². The summed E-state index contributed by atoms with van der Waals surface area (Å²) in [7, 11) is 0. The van der Waals surface area contributed by atoms with Crippen molar-refractivity contribution >= 4 is 50.6 Å². The van der Waals surface area contributed by atoms with Gasteiger partial charge in [0.2, 0.25) is 0 Å². The maximum atomic E-state index is 13.6. The number of ketones is 1. The van der Waals surface area contributed by atoms with Crippen LogP contribution < -0.4 is 15.4 Å². The van der Waals surface area contributed by atoms with E-state index < -0.39 is 5.92 Å². The number of allylic oxidation sites excluding steroid dienone is 3. The number of carbonyl (C=O) groups excluding carboxylic acids is 1. The molecular formula is C31H26BrCl2N3O2. The highest BCUT2D eigenvalue weighted by Crippen LogP contribution is 2.48. The highest BCUT2D eigenvalue weighted by Gasteiger charge is 2.41. The van der Waals surface area contributed by atoms with E-state index in [1.165, 1.54) is 0 Å². The number of nitrogens with two attached hydrogens (primary N) is 1. The lowest BCUT2D eigenvalue weighted by molar-refractivity contribution is -0.116. The predicted octanol–water partition coefficient (Wildman–Crippen LogP) is 8.26. The van der Waals surface area contributed by atoms with Gasteiger partial charge in [0.25, 0.3) is 0 Å². The second-order valence-electron chi connectivity index (χ2n) is 9.79. The SMILES string of the molecule is Cc1cc(C)c(C2C(C#N)=C(N)N(c3ccc(Cl)cc3Cl)C3=C2C(=O)CCC3)cc1COc1ccc(Br)cc1. The smallest absolute Gasteiger partial charge is 0.161 e. The summed E-state index contributed by atoms with van der Waals surface area (Å²) < 4.78 is 7.05. The largest absolute Gasteiger partial charge is 0.489 e. The lowest BCUT2D eigenvalue weighted by Gasteiger charge is -2.40. The van der Waals surface area contributed by atoms with Crippen molar-refractivity contribution in [3.05, 3.63) is 114 Å². The van der Waals surface area contributed by atoms with Crippen LogP contribution in [0.15, 0.2) is 81.7 Å². The molecule has 0 aromatic heterocycles. The molecule has 1 aliphatic heterocycles. The van der Waals surface area contributed by atoms with Gasteiger partial charge in [0, 0.05) is 27.2 Å². The molecule has 3 aromatic rings. The van der Waals surface area contributed by atoms with E-state index in [2.05, 4.69) is 34.1 Å². The third-order valence-corrected chi connectivity index (χ3v) is 8.37. The van der Waals surface area contributed by atoms with E-state index in [0.717, 1.165) is 38.2 Å². The Labute approximate surface area is 246 Å². The molecule has 1 aliphatic carbocycles. The average Bonchev–Trinajstić information content (AvgIpc) is 2.90. The van der Waals surface area contributed by atoms with E-state index in [-0.39, 0.29) is 11.6 Å². The minimum Gasteiger partial charge on any atom is -0.489 e. The zero-order valence-corrected chi connectivity index (χ0v) is 24.6. The molecule has 1 unspecified atom stereocenters. The first-order chi connectivity index (χ1) is 18.7. The maximum Gasteiger partial charge on any atom is 0.161 e. The number of ether oxygens (including phenoxy) is 1. The van der Waals surface area contributed by atoms with Crippen LogP contribution in [0.2, 0.25) is 10.0 Å². The number of nitriles is 1. The minimum atomic E-state index is -0.577. The Morgan fingerprint density at radius 3 is 2.51 bits per heavy atom. The van der Waals surface area contributed by atoms with E-state index in [4.69, 9.17) is 33.7 Å². The molecule has 0 spiro atoms. The highest BCUT2D eigenvalue weighted by atomic mass is 79.9. The summed E-state index contributed by atoms with van der Waals surface area (Å²) in [6.07, 6.45) is 1.75. The van der Waals surface area contributed by atoms with Gasteiger partial charge < -0.3 is 10.5 Å². The molecule has 198 valence electrons. The second kappa shape index (κ2) is 11.1. The third-order valence-electron chi connectivity index (χ3n) is 7.31. The van der Waals surface area contributed by atoms with E-state index in [1.807, 2.05) is 38.1 Å². The Balaban J connectivity index is 1.63. The average molecular weight is 623 g/mol. The highest BCUT2D eigenvalue weighted by molar-refractivity contribution is 9.10. The summed E-state index contributed by atoms with van der Waals surface area (Å²) in [4.78, 5) is 15.3. The number of benzene rings is 3. The number of aryl methyl sites for hydroxylation is 2. The topological polar surface area (TPSA) is 79.4 Å². The van der Waals surface area contributed by atoms with Crippen molar-refractivity contribution in [3.8, 4) is 11.8 Å². The molecule has 1 atom stereocenters. The molecule has 2 N–H and O–H groups in total. The summed E-state index contributed by atoms with van der Waals surface area (Å²) in [5.41, 5.74) is 12.9. The first-order valence-corrected chi connectivity index (χ1v) is 14.1. The maximum absolute atomic E-state index is 13.6. The van der Waals surface area contributed by atoms with E-state index >= 15 is 0 Å².